The standard InChI is InChI=1S/C12H16N4O2/c13-9(6-11(14)17)12(18)16-5-3-10-8(7-16)2-1-4-15-10/h1-2,4,9H,3,5-7,13H2,(H2,14,17). The lowest BCUT2D eigenvalue weighted by molar-refractivity contribution is -0.135. The molecule has 1 atom stereocenters. The van der Waals surface area contributed by atoms with Crippen LogP contribution in [0.25, 0.3) is 0 Å². The lowest BCUT2D eigenvalue weighted by Gasteiger charge is -2.29. The molecule has 1 aromatic heterocycles. The molecule has 0 spiro atoms. The van der Waals surface area contributed by atoms with Crippen LogP contribution in [0.1, 0.15) is 17.7 Å². The third-order valence-corrected chi connectivity index (χ3v) is 3.01. The zero-order chi connectivity index (χ0) is 13.1. The molecule has 2 amide bonds. The van der Waals surface area contributed by atoms with E-state index in [-0.39, 0.29) is 12.3 Å². The third-order valence-electron chi connectivity index (χ3n) is 3.01. The molecule has 0 fully saturated rings. The van der Waals surface area contributed by atoms with Crippen LogP contribution in [0.3, 0.4) is 0 Å². The second-order valence-corrected chi connectivity index (χ2v) is 4.40. The molecule has 0 aromatic carbocycles. The zero-order valence-corrected chi connectivity index (χ0v) is 10.0. The van der Waals surface area contributed by atoms with Crippen LogP contribution in [0, 0.1) is 0 Å². The number of fused-ring (bicyclic) bond motifs is 1. The number of primary amides is 1. The summed E-state index contributed by atoms with van der Waals surface area (Å²) in [4.78, 5) is 28.7. The fourth-order valence-electron chi connectivity index (χ4n) is 2.09. The molecule has 0 aliphatic carbocycles. The second-order valence-electron chi connectivity index (χ2n) is 4.40. The van der Waals surface area contributed by atoms with Crippen LogP contribution in [0.5, 0.6) is 0 Å². The van der Waals surface area contributed by atoms with Crippen molar-refractivity contribution in [3.63, 3.8) is 0 Å². The maximum Gasteiger partial charge on any atom is 0.240 e. The van der Waals surface area contributed by atoms with Crippen molar-refractivity contribution >= 4 is 11.8 Å². The van der Waals surface area contributed by atoms with Gasteiger partial charge in [0.25, 0.3) is 0 Å². The Bertz CT molecular complexity index is 475. The first-order valence-electron chi connectivity index (χ1n) is 5.83. The Hall–Kier alpha value is -1.95. The molecule has 0 saturated carbocycles. The summed E-state index contributed by atoms with van der Waals surface area (Å²) >= 11 is 0. The molecule has 4 N–H and O–H groups in total. The molecule has 2 heterocycles. The number of hydrogen-bond donors (Lipinski definition) is 2. The maximum absolute atomic E-state index is 12.0. The van der Waals surface area contributed by atoms with Crippen molar-refractivity contribution in [1.29, 1.82) is 0 Å². The lowest BCUT2D eigenvalue weighted by Crippen LogP contribution is -2.47. The molecule has 0 saturated heterocycles. The van der Waals surface area contributed by atoms with Crippen LogP contribution in [-0.4, -0.2) is 34.3 Å². The van der Waals surface area contributed by atoms with Crippen LogP contribution >= 0.6 is 0 Å². The normalized spacial score (nSPS) is 15.9. The highest BCUT2D eigenvalue weighted by molar-refractivity contribution is 5.87. The number of hydrogen-bond acceptors (Lipinski definition) is 4. The minimum atomic E-state index is -0.847. The highest BCUT2D eigenvalue weighted by atomic mass is 16.2. The van der Waals surface area contributed by atoms with Crippen molar-refractivity contribution in [2.75, 3.05) is 6.54 Å². The molecule has 18 heavy (non-hydrogen) atoms. The van der Waals surface area contributed by atoms with Crippen molar-refractivity contribution in [2.45, 2.75) is 25.4 Å². The molecule has 1 unspecified atom stereocenters. The molecule has 1 aromatic rings. The molecular weight excluding hydrogens is 232 g/mol. The fourth-order valence-corrected chi connectivity index (χ4v) is 2.09. The predicted octanol–water partition coefficient (Wildman–Crippen LogP) is -0.831. The Kier molecular flexibility index (Phi) is 3.57. The van der Waals surface area contributed by atoms with E-state index in [1.807, 2.05) is 12.1 Å². The van der Waals surface area contributed by atoms with E-state index in [0.717, 1.165) is 11.3 Å². The van der Waals surface area contributed by atoms with Gasteiger partial charge < -0.3 is 16.4 Å². The minimum absolute atomic E-state index is 0.116. The number of carbonyl (C=O) groups is 2. The number of rotatable bonds is 3. The zero-order valence-electron chi connectivity index (χ0n) is 10.0. The van der Waals surface area contributed by atoms with E-state index >= 15 is 0 Å². The Morgan fingerprint density at radius 1 is 1.50 bits per heavy atom. The van der Waals surface area contributed by atoms with E-state index in [4.69, 9.17) is 11.5 Å². The van der Waals surface area contributed by atoms with E-state index in [9.17, 15) is 9.59 Å². The van der Waals surface area contributed by atoms with E-state index in [1.54, 1.807) is 11.1 Å². The van der Waals surface area contributed by atoms with Gasteiger partial charge in [0.05, 0.1) is 12.5 Å². The number of pyridine rings is 1. The highest BCUT2D eigenvalue weighted by Gasteiger charge is 2.26. The van der Waals surface area contributed by atoms with Crippen molar-refractivity contribution in [3.05, 3.63) is 29.6 Å². The van der Waals surface area contributed by atoms with Gasteiger partial charge >= 0.3 is 0 Å². The average molecular weight is 248 g/mol. The van der Waals surface area contributed by atoms with Crippen LogP contribution in [0.2, 0.25) is 0 Å². The summed E-state index contributed by atoms with van der Waals surface area (Å²) in [6, 6.07) is 2.94. The Morgan fingerprint density at radius 3 is 3.00 bits per heavy atom. The second kappa shape index (κ2) is 5.14. The van der Waals surface area contributed by atoms with Gasteiger partial charge in [-0.3, -0.25) is 14.6 Å². The van der Waals surface area contributed by atoms with Gasteiger partial charge in [-0.2, -0.15) is 0 Å². The summed E-state index contributed by atoms with van der Waals surface area (Å²) in [6.45, 7) is 1.07. The third kappa shape index (κ3) is 2.65. The van der Waals surface area contributed by atoms with Gasteiger partial charge in [0.15, 0.2) is 0 Å². The van der Waals surface area contributed by atoms with Gasteiger partial charge in [-0.25, -0.2) is 0 Å². The van der Waals surface area contributed by atoms with Crippen LogP contribution in [0.15, 0.2) is 18.3 Å². The molecule has 1 aliphatic heterocycles. The lowest BCUT2D eigenvalue weighted by atomic mass is 10.0. The maximum atomic E-state index is 12.0. The van der Waals surface area contributed by atoms with Crippen molar-refractivity contribution in [1.82, 2.24) is 9.88 Å². The summed E-state index contributed by atoms with van der Waals surface area (Å²) in [7, 11) is 0. The molecular formula is C12H16N4O2. The number of carbonyl (C=O) groups excluding carboxylic acids is 2. The largest absolute Gasteiger partial charge is 0.370 e. The smallest absolute Gasteiger partial charge is 0.240 e. The summed E-state index contributed by atoms with van der Waals surface area (Å²) in [5.74, 6) is -0.793. The molecule has 1 aliphatic rings. The summed E-state index contributed by atoms with van der Waals surface area (Å²) in [6.07, 6.45) is 2.34. The predicted molar refractivity (Wildman–Crippen MR) is 65.1 cm³/mol. The van der Waals surface area contributed by atoms with E-state index in [2.05, 4.69) is 4.98 Å². The van der Waals surface area contributed by atoms with Gasteiger partial charge in [-0.15, -0.1) is 0 Å². The van der Waals surface area contributed by atoms with Crippen molar-refractivity contribution in [3.8, 4) is 0 Å². The van der Waals surface area contributed by atoms with Crippen molar-refractivity contribution < 1.29 is 9.59 Å². The summed E-state index contributed by atoms with van der Waals surface area (Å²) < 4.78 is 0. The summed E-state index contributed by atoms with van der Waals surface area (Å²) in [5, 5.41) is 0. The Morgan fingerprint density at radius 2 is 2.28 bits per heavy atom. The van der Waals surface area contributed by atoms with Crippen LogP contribution in [0.4, 0.5) is 0 Å². The quantitative estimate of drug-likeness (QED) is 0.728. The minimum Gasteiger partial charge on any atom is -0.370 e. The fraction of sp³-hybridized carbons (Fsp3) is 0.417. The number of aromatic nitrogens is 1. The van der Waals surface area contributed by atoms with Gasteiger partial charge in [0, 0.05) is 31.4 Å². The first kappa shape index (κ1) is 12.5. The molecule has 0 radical (unpaired) electrons. The molecule has 2 rings (SSSR count). The molecule has 0 bridgehead atoms. The van der Waals surface area contributed by atoms with E-state index in [0.29, 0.717) is 19.5 Å². The number of amides is 2. The Balaban J connectivity index is 2.04. The number of nitrogens with zero attached hydrogens (tertiary/aromatic N) is 2. The summed E-state index contributed by atoms with van der Waals surface area (Å²) in [5.41, 5.74) is 12.7. The van der Waals surface area contributed by atoms with Gasteiger partial charge in [0.2, 0.25) is 11.8 Å². The van der Waals surface area contributed by atoms with Crippen LogP contribution in [-0.2, 0) is 22.6 Å². The van der Waals surface area contributed by atoms with Gasteiger partial charge in [-0.05, 0) is 11.6 Å². The molecule has 6 heteroatoms. The Labute approximate surface area is 105 Å². The molecule has 6 nitrogen and oxygen atoms in total. The highest BCUT2D eigenvalue weighted by Crippen LogP contribution is 2.17. The first-order chi connectivity index (χ1) is 8.58. The first-order valence-corrected chi connectivity index (χ1v) is 5.83. The molecule has 96 valence electrons. The number of nitrogens with two attached hydrogens (primary N) is 2. The average Bonchev–Trinajstić information content (AvgIpc) is 2.36. The monoisotopic (exact) mass is 248 g/mol. The SMILES string of the molecule is NC(=O)CC(N)C(=O)N1CCc2ncccc2C1. The van der Waals surface area contributed by atoms with Gasteiger partial charge in [-0.1, -0.05) is 6.07 Å². The topological polar surface area (TPSA) is 102 Å². The van der Waals surface area contributed by atoms with Gasteiger partial charge in [0.1, 0.15) is 0 Å². The van der Waals surface area contributed by atoms with E-state index in [1.165, 1.54) is 0 Å². The van der Waals surface area contributed by atoms with Crippen LogP contribution < -0.4 is 11.5 Å². The van der Waals surface area contributed by atoms with Crippen molar-refractivity contribution in [2.24, 2.45) is 11.5 Å². The van der Waals surface area contributed by atoms with E-state index < -0.39 is 11.9 Å².